The van der Waals surface area contributed by atoms with Crippen LogP contribution in [0.4, 0.5) is 0 Å². The molecule has 4 nitrogen and oxygen atoms in total. The third-order valence-electron chi connectivity index (χ3n) is 2.33. The number of nitrogens with zero attached hydrogens (tertiary/aromatic N) is 2. The Bertz CT molecular complexity index is 432. The highest BCUT2D eigenvalue weighted by molar-refractivity contribution is 9.10. The van der Waals surface area contributed by atoms with Gasteiger partial charge in [0.15, 0.2) is 0 Å². The molecule has 0 aliphatic rings. The van der Waals surface area contributed by atoms with E-state index < -0.39 is 0 Å². The monoisotopic (exact) mass is 300 g/mol. The van der Waals surface area contributed by atoms with Gasteiger partial charge in [0.1, 0.15) is 12.2 Å². The molecule has 2 heterocycles. The maximum Gasteiger partial charge on any atom is 0.141 e. The van der Waals surface area contributed by atoms with Crippen molar-refractivity contribution in [3.63, 3.8) is 0 Å². The summed E-state index contributed by atoms with van der Waals surface area (Å²) in [5, 5.41) is 10.1. The highest BCUT2D eigenvalue weighted by Gasteiger charge is 2.08. The Labute approximate surface area is 107 Å². The Hall–Kier alpha value is -0.720. The van der Waals surface area contributed by atoms with Crippen molar-refractivity contribution in [3.05, 3.63) is 32.4 Å². The Balaban J connectivity index is 1.92. The molecule has 0 aliphatic carbocycles. The molecule has 1 atom stereocenters. The van der Waals surface area contributed by atoms with E-state index in [1.807, 2.05) is 0 Å². The fourth-order valence-corrected chi connectivity index (χ4v) is 2.93. The van der Waals surface area contributed by atoms with Gasteiger partial charge in [0.2, 0.25) is 0 Å². The van der Waals surface area contributed by atoms with Crippen LogP contribution in [-0.4, -0.2) is 15.2 Å². The Morgan fingerprint density at radius 3 is 3.00 bits per heavy atom. The third-order valence-corrected chi connectivity index (χ3v) is 4.47. The first-order valence-electron chi connectivity index (χ1n) is 5.00. The Morgan fingerprint density at radius 1 is 1.62 bits per heavy atom. The molecule has 0 aromatic carbocycles. The highest BCUT2D eigenvalue weighted by atomic mass is 79.9. The quantitative estimate of drug-likeness (QED) is 0.913. The van der Waals surface area contributed by atoms with Crippen LogP contribution in [0.1, 0.15) is 28.5 Å². The molecule has 0 saturated carbocycles. The lowest BCUT2D eigenvalue weighted by atomic mass is 10.3. The molecule has 1 unspecified atom stereocenters. The molecule has 6 heteroatoms. The number of nitrogens with one attached hydrogen (secondary N) is 2. The molecule has 16 heavy (non-hydrogen) atoms. The van der Waals surface area contributed by atoms with Crippen LogP contribution in [0.5, 0.6) is 0 Å². The smallest absolute Gasteiger partial charge is 0.141 e. The number of aromatic amines is 1. The summed E-state index contributed by atoms with van der Waals surface area (Å²) in [4.78, 5) is 6.74. The van der Waals surface area contributed by atoms with Crippen LogP contribution >= 0.6 is 27.3 Å². The number of hydrogen-bond donors (Lipinski definition) is 2. The fraction of sp³-hybridized carbons (Fsp3) is 0.400. The van der Waals surface area contributed by atoms with E-state index in [1.54, 1.807) is 11.3 Å². The number of halogens is 1. The lowest BCUT2D eigenvalue weighted by Crippen LogP contribution is -2.18. The van der Waals surface area contributed by atoms with Gasteiger partial charge in [-0.15, -0.1) is 11.3 Å². The van der Waals surface area contributed by atoms with E-state index in [2.05, 4.69) is 56.3 Å². The number of rotatable bonds is 4. The van der Waals surface area contributed by atoms with Crippen molar-refractivity contribution in [2.24, 2.45) is 0 Å². The van der Waals surface area contributed by atoms with Gasteiger partial charge in [0.25, 0.3) is 0 Å². The predicted octanol–water partition coefficient (Wildman–Crippen LogP) is 2.79. The van der Waals surface area contributed by atoms with Gasteiger partial charge < -0.3 is 5.32 Å². The molecule has 0 fully saturated rings. The number of H-pyrrole nitrogens is 1. The fourth-order valence-electron chi connectivity index (χ4n) is 1.38. The van der Waals surface area contributed by atoms with Gasteiger partial charge in [-0.05, 0) is 35.8 Å². The molecule has 0 bridgehead atoms. The van der Waals surface area contributed by atoms with E-state index in [-0.39, 0.29) is 6.04 Å². The Kier molecular flexibility index (Phi) is 3.73. The molecule has 2 N–H and O–H groups in total. The summed E-state index contributed by atoms with van der Waals surface area (Å²) in [7, 11) is 0. The average molecular weight is 301 g/mol. The predicted molar refractivity (Wildman–Crippen MR) is 68.4 cm³/mol. The minimum absolute atomic E-state index is 0.184. The first kappa shape index (κ1) is 11.8. The van der Waals surface area contributed by atoms with Crippen molar-refractivity contribution >= 4 is 27.3 Å². The van der Waals surface area contributed by atoms with E-state index >= 15 is 0 Å². The number of thiophene rings is 1. The van der Waals surface area contributed by atoms with Crippen molar-refractivity contribution in [3.8, 4) is 0 Å². The normalized spacial score (nSPS) is 12.9. The zero-order valence-corrected chi connectivity index (χ0v) is 11.5. The maximum atomic E-state index is 4.12. The molecule has 2 aromatic heterocycles. The summed E-state index contributed by atoms with van der Waals surface area (Å²) in [6.07, 6.45) is 1.53. The van der Waals surface area contributed by atoms with E-state index in [9.17, 15) is 0 Å². The van der Waals surface area contributed by atoms with Crippen LogP contribution in [0.15, 0.2) is 16.9 Å². The van der Waals surface area contributed by atoms with Crippen LogP contribution in [0.25, 0.3) is 0 Å². The first-order valence-corrected chi connectivity index (χ1v) is 6.61. The summed E-state index contributed by atoms with van der Waals surface area (Å²) in [5.74, 6) is 0.868. The van der Waals surface area contributed by atoms with Crippen LogP contribution in [0.2, 0.25) is 0 Å². The van der Waals surface area contributed by atoms with Crippen molar-refractivity contribution in [2.45, 2.75) is 26.4 Å². The summed E-state index contributed by atoms with van der Waals surface area (Å²) in [5.41, 5.74) is 0. The SMILES string of the molecule is Cc1sc(CNC(C)c2ncn[nH]2)cc1Br. The topological polar surface area (TPSA) is 53.6 Å². The second-order valence-electron chi connectivity index (χ2n) is 3.59. The van der Waals surface area contributed by atoms with E-state index in [0.717, 1.165) is 12.4 Å². The second kappa shape index (κ2) is 5.07. The van der Waals surface area contributed by atoms with Gasteiger partial charge in [0, 0.05) is 20.8 Å². The van der Waals surface area contributed by atoms with Crippen molar-refractivity contribution in [1.29, 1.82) is 0 Å². The van der Waals surface area contributed by atoms with Crippen LogP contribution < -0.4 is 5.32 Å². The molecule has 0 saturated heterocycles. The van der Waals surface area contributed by atoms with Crippen molar-refractivity contribution in [2.75, 3.05) is 0 Å². The maximum absolute atomic E-state index is 4.12. The molecule has 86 valence electrons. The molecule has 0 radical (unpaired) electrons. The largest absolute Gasteiger partial charge is 0.303 e. The van der Waals surface area contributed by atoms with Crippen molar-refractivity contribution in [1.82, 2.24) is 20.5 Å². The van der Waals surface area contributed by atoms with Crippen LogP contribution in [0, 0.1) is 6.92 Å². The zero-order valence-electron chi connectivity index (χ0n) is 9.12. The van der Waals surface area contributed by atoms with Crippen LogP contribution in [0.3, 0.4) is 0 Å². The summed E-state index contributed by atoms with van der Waals surface area (Å²) in [6, 6.07) is 2.34. The van der Waals surface area contributed by atoms with Gasteiger partial charge in [-0.25, -0.2) is 4.98 Å². The lowest BCUT2D eigenvalue weighted by molar-refractivity contribution is 0.551. The first-order chi connectivity index (χ1) is 7.66. The summed E-state index contributed by atoms with van der Waals surface area (Å²) < 4.78 is 1.18. The van der Waals surface area contributed by atoms with Gasteiger partial charge in [-0.3, -0.25) is 5.10 Å². The van der Waals surface area contributed by atoms with Gasteiger partial charge >= 0.3 is 0 Å². The van der Waals surface area contributed by atoms with Crippen molar-refractivity contribution < 1.29 is 0 Å². The summed E-state index contributed by atoms with van der Waals surface area (Å²) in [6.45, 7) is 5.02. The molecular weight excluding hydrogens is 288 g/mol. The van der Waals surface area contributed by atoms with Crippen LogP contribution in [-0.2, 0) is 6.54 Å². The van der Waals surface area contributed by atoms with Gasteiger partial charge in [-0.2, -0.15) is 5.10 Å². The lowest BCUT2D eigenvalue weighted by Gasteiger charge is -2.09. The second-order valence-corrected chi connectivity index (χ2v) is 5.79. The molecule has 2 rings (SSSR count). The third kappa shape index (κ3) is 2.69. The molecule has 0 spiro atoms. The number of hydrogen-bond acceptors (Lipinski definition) is 4. The van der Waals surface area contributed by atoms with E-state index in [1.165, 1.54) is 20.6 Å². The molecule has 0 amide bonds. The minimum atomic E-state index is 0.184. The summed E-state index contributed by atoms with van der Waals surface area (Å²) >= 11 is 5.31. The Morgan fingerprint density at radius 2 is 2.44 bits per heavy atom. The zero-order chi connectivity index (χ0) is 11.5. The van der Waals surface area contributed by atoms with E-state index in [0.29, 0.717) is 0 Å². The van der Waals surface area contributed by atoms with Gasteiger partial charge in [0.05, 0.1) is 6.04 Å². The molecule has 2 aromatic rings. The minimum Gasteiger partial charge on any atom is -0.303 e. The average Bonchev–Trinajstić information content (AvgIpc) is 2.86. The standard InChI is InChI=1S/C10H13BrN4S/c1-6(10-13-5-14-15-10)12-4-8-3-9(11)7(2)16-8/h3,5-6,12H,4H2,1-2H3,(H,13,14,15). The molecular formula is C10H13BrN4S. The van der Waals surface area contributed by atoms with E-state index in [4.69, 9.17) is 0 Å². The highest BCUT2D eigenvalue weighted by Crippen LogP contribution is 2.26. The number of aryl methyl sites for hydroxylation is 1. The number of aromatic nitrogens is 3. The molecule has 0 aliphatic heterocycles. The van der Waals surface area contributed by atoms with Gasteiger partial charge in [-0.1, -0.05) is 0 Å².